The fourth-order valence-corrected chi connectivity index (χ4v) is 4.05. The van der Waals surface area contributed by atoms with Crippen molar-refractivity contribution in [1.29, 1.82) is 0 Å². The van der Waals surface area contributed by atoms with Gasteiger partial charge in [-0.15, -0.1) is 0 Å². The van der Waals surface area contributed by atoms with Crippen molar-refractivity contribution >= 4 is 17.8 Å². The second kappa shape index (κ2) is 14.3. The Bertz CT molecular complexity index is 637. The van der Waals surface area contributed by atoms with Crippen molar-refractivity contribution in [3.05, 3.63) is 11.6 Å². The highest BCUT2D eigenvalue weighted by Gasteiger charge is 2.39. The Labute approximate surface area is 195 Å². The zero-order valence-corrected chi connectivity index (χ0v) is 22.0. The monoisotopic (exact) mass is 453 g/mol. The highest BCUT2D eigenvalue weighted by molar-refractivity contribution is 5.92. The summed E-state index contributed by atoms with van der Waals surface area (Å²) in [5.74, 6) is -0.699. The van der Waals surface area contributed by atoms with Crippen LogP contribution in [0.2, 0.25) is 0 Å². The molecular weight excluding hydrogens is 406 g/mol. The highest BCUT2D eigenvalue weighted by atomic mass is 16.5. The molecule has 0 spiro atoms. The summed E-state index contributed by atoms with van der Waals surface area (Å²) >= 11 is 0. The molecule has 0 aromatic heterocycles. The summed E-state index contributed by atoms with van der Waals surface area (Å²) in [6.07, 6.45) is 4.91. The van der Waals surface area contributed by atoms with Gasteiger partial charge in [-0.2, -0.15) is 0 Å². The average molecular weight is 454 g/mol. The first-order chi connectivity index (χ1) is 14.9. The number of nitrogens with zero attached hydrogens (tertiary/aromatic N) is 1. The van der Waals surface area contributed by atoms with Crippen molar-refractivity contribution < 1.29 is 19.1 Å². The Morgan fingerprint density at radius 3 is 1.91 bits per heavy atom. The number of ether oxygens (including phenoxy) is 1. The molecule has 0 saturated carbocycles. The van der Waals surface area contributed by atoms with Crippen molar-refractivity contribution in [3.8, 4) is 0 Å². The van der Waals surface area contributed by atoms with E-state index in [9.17, 15) is 14.4 Å². The summed E-state index contributed by atoms with van der Waals surface area (Å²) in [5, 5.41) is 6.27. The van der Waals surface area contributed by atoms with Gasteiger partial charge < -0.3 is 20.3 Å². The Morgan fingerprint density at radius 2 is 1.53 bits per heavy atom. The summed E-state index contributed by atoms with van der Waals surface area (Å²) in [4.78, 5) is 40.6. The van der Waals surface area contributed by atoms with Crippen molar-refractivity contribution in [2.24, 2.45) is 11.8 Å². The Balaban J connectivity index is 5.85. The Hall–Kier alpha value is -1.89. The fourth-order valence-electron chi connectivity index (χ4n) is 4.05. The minimum absolute atomic E-state index is 0.0772. The molecule has 2 atom stereocenters. The van der Waals surface area contributed by atoms with Gasteiger partial charge in [-0.1, -0.05) is 60.5 Å². The van der Waals surface area contributed by atoms with Crippen LogP contribution in [0.1, 0.15) is 81.1 Å². The second-order valence-corrected chi connectivity index (χ2v) is 9.28. The second-order valence-electron chi connectivity index (χ2n) is 9.28. The summed E-state index contributed by atoms with van der Waals surface area (Å²) < 4.78 is 5.08. The molecule has 0 aliphatic carbocycles. The van der Waals surface area contributed by atoms with Crippen LogP contribution in [-0.4, -0.2) is 61.0 Å². The summed E-state index contributed by atoms with van der Waals surface area (Å²) in [6, 6.07) is -0.961. The van der Waals surface area contributed by atoms with Gasteiger partial charge >= 0.3 is 5.97 Å². The number of nitrogens with one attached hydrogen (secondary N) is 2. The predicted molar refractivity (Wildman–Crippen MR) is 130 cm³/mol. The Kier molecular flexibility index (Phi) is 13.5. The van der Waals surface area contributed by atoms with Crippen LogP contribution in [0.4, 0.5) is 0 Å². The van der Waals surface area contributed by atoms with E-state index in [1.54, 1.807) is 38.9 Å². The van der Waals surface area contributed by atoms with Crippen LogP contribution in [-0.2, 0) is 19.1 Å². The van der Waals surface area contributed by atoms with Crippen molar-refractivity contribution in [2.75, 3.05) is 20.7 Å². The molecule has 7 nitrogen and oxygen atoms in total. The number of hydrogen-bond acceptors (Lipinski definition) is 5. The largest absolute Gasteiger partial charge is 0.463 e. The molecule has 2 amide bonds. The van der Waals surface area contributed by atoms with Gasteiger partial charge in [0, 0.05) is 12.6 Å². The first-order valence-corrected chi connectivity index (χ1v) is 12.0. The molecule has 0 aromatic rings. The number of rotatable bonds is 14. The molecule has 0 rings (SSSR count). The van der Waals surface area contributed by atoms with Gasteiger partial charge in [0.1, 0.15) is 6.04 Å². The molecule has 0 aromatic carbocycles. The van der Waals surface area contributed by atoms with E-state index in [-0.39, 0.29) is 35.7 Å². The number of amides is 2. The SMILES string of the molecule is CCCC(CCC)(NC)C(=O)NC(C(=O)N(C)C(/C=C(\C)C(=O)OCC)C(C)C)C(C)C. The third-order valence-electron chi connectivity index (χ3n) is 5.98. The van der Waals surface area contributed by atoms with E-state index in [0.29, 0.717) is 25.0 Å². The van der Waals surface area contributed by atoms with Crippen LogP contribution in [0.15, 0.2) is 11.6 Å². The van der Waals surface area contributed by atoms with Gasteiger partial charge in [0.05, 0.1) is 18.2 Å². The van der Waals surface area contributed by atoms with Crippen LogP contribution in [0.3, 0.4) is 0 Å². The van der Waals surface area contributed by atoms with Crippen molar-refractivity contribution in [3.63, 3.8) is 0 Å². The maximum Gasteiger partial charge on any atom is 0.333 e. The molecular formula is C25H47N3O4. The van der Waals surface area contributed by atoms with Gasteiger partial charge in [0.2, 0.25) is 11.8 Å². The van der Waals surface area contributed by atoms with Gasteiger partial charge in [0.25, 0.3) is 0 Å². The molecule has 0 radical (unpaired) electrons. The first kappa shape index (κ1) is 30.1. The maximum atomic E-state index is 13.5. The summed E-state index contributed by atoms with van der Waals surface area (Å²) in [5.41, 5.74) is -0.219. The van der Waals surface area contributed by atoms with Crippen molar-refractivity contribution in [1.82, 2.24) is 15.5 Å². The molecule has 0 fully saturated rings. The number of hydrogen-bond donors (Lipinski definition) is 2. The highest BCUT2D eigenvalue weighted by Crippen LogP contribution is 2.22. The normalized spacial score (nSPS) is 14.3. The molecule has 0 saturated heterocycles. The van der Waals surface area contributed by atoms with E-state index in [2.05, 4.69) is 24.5 Å². The van der Waals surface area contributed by atoms with Crippen LogP contribution in [0, 0.1) is 11.8 Å². The molecule has 2 N–H and O–H groups in total. The lowest BCUT2D eigenvalue weighted by molar-refractivity contribution is -0.140. The van der Waals surface area contributed by atoms with Crippen LogP contribution < -0.4 is 10.6 Å². The molecule has 2 unspecified atom stereocenters. The van der Waals surface area contributed by atoms with E-state index in [0.717, 1.165) is 12.8 Å². The quantitative estimate of drug-likeness (QED) is 0.309. The summed E-state index contributed by atoms with van der Waals surface area (Å²) in [7, 11) is 3.54. The van der Waals surface area contributed by atoms with E-state index in [1.165, 1.54) is 0 Å². The summed E-state index contributed by atoms with van der Waals surface area (Å²) in [6.45, 7) is 15.7. The lowest BCUT2D eigenvalue weighted by Crippen LogP contribution is -2.61. The van der Waals surface area contributed by atoms with Gasteiger partial charge in [0.15, 0.2) is 0 Å². The van der Waals surface area contributed by atoms with E-state index < -0.39 is 11.6 Å². The molecule has 186 valence electrons. The number of carbonyl (C=O) groups excluding carboxylic acids is 3. The fraction of sp³-hybridized carbons (Fsp3) is 0.800. The number of likely N-dealkylation sites (N-methyl/N-ethyl adjacent to an activating group) is 2. The standard InChI is InChI=1S/C25H47N3O4/c1-11-14-25(26-9,15-12-2)24(31)27-21(18(6)7)22(29)28(10)20(17(4)5)16-19(8)23(30)32-13-3/h16-18,20-21,26H,11-15H2,1-10H3,(H,27,31)/b19-16+. The van der Waals surface area contributed by atoms with Crippen LogP contribution >= 0.6 is 0 Å². The molecule has 7 heteroatoms. The first-order valence-electron chi connectivity index (χ1n) is 12.0. The number of esters is 1. The van der Waals surface area contributed by atoms with E-state index in [1.807, 2.05) is 27.7 Å². The average Bonchev–Trinajstić information content (AvgIpc) is 2.73. The smallest absolute Gasteiger partial charge is 0.333 e. The van der Waals surface area contributed by atoms with Crippen LogP contribution in [0.25, 0.3) is 0 Å². The van der Waals surface area contributed by atoms with Gasteiger partial charge in [-0.05, 0) is 45.6 Å². The van der Waals surface area contributed by atoms with Crippen LogP contribution in [0.5, 0.6) is 0 Å². The molecule has 32 heavy (non-hydrogen) atoms. The van der Waals surface area contributed by atoms with E-state index in [4.69, 9.17) is 4.74 Å². The molecule has 0 aliphatic rings. The lowest BCUT2D eigenvalue weighted by Gasteiger charge is -2.37. The number of carbonyl (C=O) groups is 3. The zero-order valence-electron chi connectivity index (χ0n) is 22.0. The van der Waals surface area contributed by atoms with Crippen molar-refractivity contribution in [2.45, 2.75) is 98.7 Å². The molecule has 0 bridgehead atoms. The van der Waals surface area contributed by atoms with Gasteiger partial charge in [-0.25, -0.2) is 4.79 Å². The van der Waals surface area contributed by atoms with E-state index >= 15 is 0 Å². The van der Waals surface area contributed by atoms with Gasteiger partial charge in [-0.3, -0.25) is 9.59 Å². The molecule has 0 aliphatic heterocycles. The topological polar surface area (TPSA) is 87.7 Å². The zero-order chi connectivity index (χ0) is 25.1. The Morgan fingerprint density at radius 1 is 1.00 bits per heavy atom. The predicted octanol–water partition coefficient (Wildman–Crippen LogP) is 3.68. The third-order valence-corrected chi connectivity index (χ3v) is 5.98. The minimum Gasteiger partial charge on any atom is -0.463 e. The maximum absolute atomic E-state index is 13.5. The molecule has 0 heterocycles. The lowest BCUT2D eigenvalue weighted by atomic mass is 9.86. The minimum atomic E-state index is -0.687. The third kappa shape index (κ3) is 8.23.